The highest BCUT2D eigenvalue weighted by Gasteiger charge is 2.29. The lowest BCUT2D eigenvalue weighted by atomic mass is 9.97. The van der Waals surface area contributed by atoms with E-state index in [9.17, 15) is 29.0 Å². The Morgan fingerprint density at radius 2 is 1.48 bits per heavy atom. The average molecular weight is 440 g/mol. The van der Waals surface area contributed by atoms with E-state index in [1.165, 1.54) is 0 Å². The van der Waals surface area contributed by atoms with Crippen molar-refractivity contribution in [3.63, 3.8) is 0 Å². The Hall–Kier alpha value is -2.18. The van der Waals surface area contributed by atoms with Crippen LogP contribution >= 0.6 is 19.2 Å². The summed E-state index contributed by atoms with van der Waals surface area (Å²) >= 11 is 5.83. The van der Waals surface area contributed by atoms with E-state index in [0.29, 0.717) is 5.02 Å². The van der Waals surface area contributed by atoms with Gasteiger partial charge in [-0.1, -0.05) is 54.1 Å². The third-order valence-corrected chi connectivity index (χ3v) is 5.59. The molecule has 0 aliphatic rings. The molecule has 2 atom stereocenters. The van der Waals surface area contributed by atoms with Gasteiger partial charge < -0.3 is 20.2 Å². The van der Waals surface area contributed by atoms with Crippen molar-refractivity contribution >= 4 is 31.1 Å². The van der Waals surface area contributed by atoms with Crippen molar-refractivity contribution in [2.24, 2.45) is 11.8 Å². The highest BCUT2D eigenvalue weighted by Crippen LogP contribution is 2.37. The zero-order valence-electron chi connectivity index (χ0n) is 15.6. The van der Waals surface area contributed by atoms with Crippen molar-refractivity contribution in [2.45, 2.75) is 12.8 Å². The van der Waals surface area contributed by atoms with E-state index in [1.54, 1.807) is 54.6 Å². The quantitative estimate of drug-likeness (QED) is 0.422. The molecule has 29 heavy (non-hydrogen) atoms. The van der Waals surface area contributed by atoms with Gasteiger partial charge in [0, 0.05) is 11.6 Å². The molecular formula is C20H23ClNO6P. The maximum absolute atomic E-state index is 12.6. The number of hydrogen-bond acceptors (Lipinski definition) is 3. The fourth-order valence-corrected chi connectivity index (χ4v) is 3.94. The number of carbonyl (C=O) groups excluding carboxylic acids is 1. The maximum atomic E-state index is 12.6. The van der Waals surface area contributed by atoms with E-state index in [0.717, 1.165) is 11.1 Å². The molecule has 156 valence electrons. The fourth-order valence-electron chi connectivity index (χ4n) is 2.95. The molecule has 2 rings (SSSR count). The zero-order valence-corrected chi connectivity index (χ0v) is 17.2. The molecule has 9 heteroatoms. The van der Waals surface area contributed by atoms with Crippen LogP contribution < -0.4 is 5.32 Å². The van der Waals surface area contributed by atoms with Crippen molar-refractivity contribution in [1.29, 1.82) is 0 Å². The fraction of sp³-hybridized carbons (Fsp3) is 0.300. The lowest BCUT2D eigenvalue weighted by Crippen LogP contribution is -2.39. The summed E-state index contributed by atoms with van der Waals surface area (Å²) in [4.78, 5) is 42.8. The first kappa shape index (κ1) is 23.1. The van der Waals surface area contributed by atoms with Crippen molar-refractivity contribution in [1.82, 2.24) is 5.32 Å². The summed E-state index contributed by atoms with van der Waals surface area (Å²) in [5, 5.41) is 12.5. The first-order valence-corrected chi connectivity index (χ1v) is 11.1. The normalized spacial score (nSPS) is 13.5. The Balaban J connectivity index is 2.04. The molecule has 2 unspecified atom stereocenters. The lowest BCUT2D eigenvalue weighted by Gasteiger charge is -2.19. The van der Waals surface area contributed by atoms with Gasteiger partial charge in [-0.3, -0.25) is 14.2 Å². The van der Waals surface area contributed by atoms with E-state index in [2.05, 4.69) is 5.32 Å². The molecule has 0 saturated carbocycles. The summed E-state index contributed by atoms with van der Waals surface area (Å²) in [5.41, 5.74) is 1.52. The second-order valence-electron chi connectivity index (χ2n) is 6.84. The molecule has 0 saturated heterocycles. The second kappa shape index (κ2) is 10.6. The molecule has 0 aromatic heterocycles. The highest BCUT2D eigenvalue weighted by atomic mass is 35.5. The molecule has 0 bridgehead atoms. The Labute approximate surface area is 173 Å². The van der Waals surface area contributed by atoms with E-state index in [4.69, 9.17) is 11.6 Å². The monoisotopic (exact) mass is 439 g/mol. The van der Waals surface area contributed by atoms with Crippen LogP contribution in [0.2, 0.25) is 5.02 Å². The molecule has 0 radical (unpaired) electrons. The first-order valence-electron chi connectivity index (χ1n) is 8.97. The third-order valence-electron chi connectivity index (χ3n) is 4.42. The number of nitrogens with one attached hydrogen (secondary N) is 1. The number of halogens is 1. The van der Waals surface area contributed by atoms with Crippen LogP contribution in [0.25, 0.3) is 0 Å². The second-order valence-corrected chi connectivity index (χ2v) is 8.98. The lowest BCUT2D eigenvalue weighted by molar-refractivity contribution is -0.141. The van der Waals surface area contributed by atoms with Gasteiger partial charge in [-0.15, -0.1) is 0 Å². The molecule has 7 nitrogen and oxygen atoms in total. The Morgan fingerprint density at radius 3 is 2.03 bits per heavy atom. The van der Waals surface area contributed by atoms with Crippen LogP contribution in [0.1, 0.15) is 11.1 Å². The number of amides is 1. The van der Waals surface area contributed by atoms with Crippen molar-refractivity contribution in [3.05, 3.63) is 70.7 Å². The molecular weight excluding hydrogens is 417 g/mol. The maximum Gasteiger partial charge on any atom is 0.326 e. The Bertz CT molecular complexity index is 868. The number of rotatable bonds is 10. The van der Waals surface area contributed by atoms with Gasteiger partial charge >= 0.3 is 13.6 Å². The predicted octanol–water partition coefficient (Wildman–Crippen LogP) is 2.74. The van der Waals surface area contributed by atoms with E-state index >= 15 is 0 Å². The molecule has 0 fully saturated rings. The number of carboxylic acids is 1. The van der Waals surface area contributed by atoms with Crippen molar-refractivity contribution in [2.75, 3.05) is 12.7 Å². The number of carbonyl (C=O) groups is 2. The molecule has 4 N–H and O–H groups in total. The summed E-state index contributed by atoms with van der Waals surface area (Å²) < 4.78 is 11.5. The SMILES string of the molecule is O=C(O)C(CNC(=O)C(Cc1ccccc1)CP(=O)(O)O)Cc1ccc(Cl)cc1. The van der Waals surface area contributed by atoms with Gasteiger partial charge in [0.15, 0.2) is 0 Å². The number of carboxylic acid groups (broad SMARTS) is 1. The van der Waals surface area contributed by atoms with E-state index < -0.39 is 37.5 Å². The average Bonchev–Trinajstić information content (AvgIpc) is 2.65. The molecule has 0 aliphatic carbocycles. The molecule has 2 aromatic carbocycles. The minimum absolute atomic E-state index is 0.146. The van der Waals surface area contributed by atoms with Crippen LogP contribution in [0.4, 0.5) is 0 Å². The van der Waals surface area contributed by atoms with Crippen LogP contribution in [0, 0.1) is 11.8 Å². The predicted molar refractivity (Wildman–Crippen MR) is 110 cm³/mol. The van der Waals surface area contributed by atoms with E-state index in [1.807, 2.05) is 0 Å². The largest absolute Gasteiger partial charge is 0.481 e. The first-order chi connectivity index (χ1) is 13.6. The van der Waals surface area contributed by atoms with Crippen LogP contribution in [-0.2, 0) is 27.0 Å². The minimum atomic E-state index is -4.43. The zero-order chi connectivity index (χ0) is 21.4. The summed E-state index contributed by atoms with van der Waals surface area (Å²) in [6, 6.07) is 15.6. The summed E-state index contributed by atoms with van der Waals surface area (Å²) in [6.07, 6.45) is -0.274. The van der Waals surface area contributed by atoms with Crippen LogP contribution in [0.15, 0.2) is 54.6 Å². The summed E-state index contributed by atoms with van der Waals surface area (Å²) in [6.45, 7) is -0.150. The Kier molecular flexibility index (Phi) is 8.41. The van der Waals surface area contributed by atoms with Crippen LogP contribution in [-0.4, -0.2) is 39.5 Å². The molecule has 0 heterocycles. The van der Waals surface area contributed by atoms with Gasteiger partial charge in [-0.2, -0.15) is 0 Å². The van der Waals surface area contributed by atoms with Crippen molar-refractivity contribution in [3.8, 4) is 0 Å². The van der Waals surface area contributed by atoms with Gasteiger partial charge in [0.2, 0.25) is 5.91 Å². The third kappa shape index (κ3) is 8.38. The molecule has 2 aromatic rings. The van der Waals surface area contributed by atoms with Crippen molar-refractivity contribution < 1.29 is 29.0 Å². The van der Waals surface area contributed by atoms with Gasteiger partial charge in [0.25, 0.3) is 0 Å². The minimum Gasteiger partial charge on any atom is -0.481 e. The van der Waals surface area contributed by atoms with Gasteiger partial charge in [-0.05, 0) is 36.1 Å². The molecule has 0 aliphatic heterocycles. The van der Waals surface area contributed by atoms with Gasteiger partial charge in [0.1, 0.15) is 0 Å². The molecule has 0 spiro atoms. The van der Waals surface area contributed by atoms with Crippen LogP contribution in [0.5, 0.6) is 0 Å². The summed E-state index contributed by atoms with van der Waals surface area (Å²) in [5.74, 6) is -3.51. The van der Waals surface area contributed by atoms with Gasteiger partial charge in [-0.25, -0.2) is 0 Å². The summed E-state index contributed by atoms with van der Waals surface area (Å²) in [7, 11) is -4.43. The number of benzene rings is 2. The Morgan fingerprint density at radius 1 is 0.931 bits per heavy atom. The highest BCUT2D eigenvalue weighted by molar-refractivity contribution is 7.51. The standard InChI is InChI=1S/C20H23ClNO6P/c21-18-8-6-15(7-9-18)10-16(20(24)25)12-22-19(23)17(13-29(26,27)28)11-14-4-2-1-3-5-14/h1-9,16-17H,10-13H2,(H,22,23)(H,24,25)(H2,26,27,28). The number of hydrogen-bond donors (Lipinski definition) is 4. The van der Waals surface area contributed by atoms with E-state index in [-0.39, 0.29) is 19.4 Å². The number of aliphatic carboxylic acids is 1. The smallest absolute Gasteiger partial charge is 0.326 e. The molecule has 1 amide bonds. The van der Waals surface area contributed by atoms with Gasteiger partial charge in [0.05, 0.1) is 18.0 Å². The topological polar surface area (TPSA) is 124 Å². The van der Waals surface area contributed by atoms with Crippen LogP contribution in [0.3, 0.4) is 0 Å².